The van der Waals surface area contributed by atoms with E-state index >= 15 is 0 Å². The van der Waals surface area contributed by atoms with E-state index in [4.69, 9.17) is 5.73 Å². The average molecular weight is 254 g/mol. The van der Waals surface area contributed by atoms with Gasteiger partial charge < -0.3 is 10.6 Å². The van der Waals surface area contributed by atoms with Gasteiger partial charge in [0.15, 0.2) is 0 Å². The second-order valence-corrected chi connectivity index (χ2v) is 5.30. The smallest absolute Gasteiger partial charge is 0.149 e. The Hall–Kier alpha value is -1.16. The molecule has 0 saturated heterocycles. The van der Waals surface area contributed by atoms with Crippen LogP contribution in [-0.2, 0) is 6.42 Å². The third kappa shape index (κ3) is 2.80. The minimum atomic E-state index is -0.491. The van der Waals surface area contributed by atoms with Gasteiger partial charge >= 0.3 is 0 Å². The molecular weight excluding hydrogens is 234 g/mol. The third-order valence-electron chi connectivity index (χ3n) is 3.68. The van der Waals surface area contributed by atoms with Crippen LogP contribution < -0.4 is 10.6 Å². The molecule has 0 radical (unpaired) electrons. The number of nitrogens with zero attached hydrogens (tertiary/aromatic N) is 1. The second kappa shape index (κ2) is 5.22. The van der Waals surface area contributed by atoms with E-state index in [-0.39, 0.29) is 5.69 Å². The van der Waals surface area contributed by atoms with E-state index in [1.54, 1.807) is 11.9 Å². The van der Waals surface area contributed by atoms with Crippen LogP contribution >= 0.6 is 0 Å². The number of benzene rings is 1. The van der Waals surface area contributed by atoms with E-state index in [1.165, 1.54) is 12.1 Å². The zero-order valence-electron chi connectivity index (χ0n) is 10.9. The van der Waals surface area contributed by atoms with Crippen LogP contribution in [0.15, 0.2) is 12.1 Å². The summed E-state index contributed by atoms with van der Waals surface area (Å²) in [5.74, 6) is 0.260. The summed E-state index contributed by atoms with van der Waals surface area (Å²) in [5.41, 5.74) is 6.09. The summed E-state index contributed by atoms with van der Waals surface area (Å²) in [4.78, 5) is 1.69. The minimum Gasteiger partial charge on any atom is -0.370 e. The van der Waals surface area contributed by atoms with Crippen LogP contribution in [0.1, 0.15) is 18.9 Å². The largest absolute Gasteiger partial charge is 0.370 e. The molecule has 1 aromatic carbocycles. The minimum absolute atomic E-state index is 0.0786. The highest BCUT2D eigenvalue weighted by atomic mass is 19.1. The van der Waals surface area contributed by atoms with Crippen LogP contribution in [0.4, 0.5) is 14.5 Å². The molecule has 100 valence electrons. The Morgan fingerprint density at radius 1 is 1.33 bits per heavy atom. The first kappa shape index (κ1) is 13.3. The molecule has 1 saturated carbocycles. The fourth-order valence-corrected chi connectivity index (χ4v) is 2.39. The first-order valence-electron chi connectivity index (χ1n) is 6.42. The second-order valence-electron chi connectivity index (χ2n) is 5.30. The quantitative estimate of drug-likeness (QED) is 0.875. The molecule has 2 atom stereocenters. The van der Waals surface area contributed by atoms with E-state index in [0.717, 1.165) is 6.42 Å². The molecule has 4 heteroatoms. The molecule has 0 amide bonds. The lowest BCUT2D eigenvalue weighted by Gasteiger charge is -2.21. The molecule has 1 fully saturated rings. The van der Waals surface area contributed by atoms with Crippen LogP contribution in [0.5, 0.6) is 0 Å². The van der Waals surface area contributed by atoms with Gasteiger partial charge in [0.2, 0.25) is 0 Å². The van der Waals surface area contributed by atoms with E-state index in [9.17, 15) is 8.78 Å². The summed E-state index contributed by atoms with van der Waals surface area (Å²) in [6, 6.07) is 2.77. The topological polar surface area (TPSA) is 29.3 Å². The number of hydrogen-bond donors (Lipinski definition) is 1. The summed E-state index contributed by atoms with van der Waals surface area (Å²) in [7, 11) is 1.75. The zero-order chi connectivity index (χ0) is 13.3. The van der Waals surface area contributed by atoms with Crippen molar-refractivity contribution >= 4 is 5.69 Å². The molecule has 0 bridgehead atoms. The maximum Gasteiger partial charge on any atom is 0.149 e. The zero-order valence-corrected chi connectivity index (χ0v) is 10.9. The van der Waals surface area contributed by atoms with Gasteiger partial charge in [0.05, 0.1) is 0 Å². The number of halogens is 2. The van der Waals surface area contributed by atoms with Crippen LogP contribution in [0.25, 0.3) is 0 Å². The molecule has 1 aliphatic carbocycles. The Kier molecular flexibility index (Phi) is 3.85. The molecule has 0 heterocycles. The van der Waals surface area contributed by atoms with Crippen LogP contribution in [-0.4, -0.2) is 20.1 Å². The molecule has 18 heavy (non-hydrogen) atoms. The normalized spacial score (nSPS) is 22.1. The Labute approximate surface area is 107 Å². The highest BCUT2D eigenvalue weighted by Crippen LogP contribution is 2.39. The molecule has 2 rings (SSSR count). The molecule has 0 aliphatic heterocycles. The lowest BCUT2D eigenvalue weighted by Crippen LogP contribution is -2.23. The predicted octanol–water partition coefficient (Wildman–Crippen LogP) is 2.56. The monoisotopic (exact) mass is 254 g/mol. The van der Waals surface area contributed by atoms with Crippen molar-refractivity contribution in [1.82, 2.24) is 0 Å². The van der Waals surface area contributed by atoms with Gasteiger partial charge in [-0.3, -0.25) is 0 Å². The van der Waals surface area contributed by atoms with Crippen LogP contribution in [0.2, 0.25) is 0 Å². The Morgan fingerprint density at radius 2 is 1.89 bits per heavy atom. The van der Waals surface area contributed by atoms with Crippen molar-refractivity contribution in [1.29, 1.82) is 0 Å². The number of anilines is 1. The first-order chi connectivity index (χ1) is 8.52. The van der Waals surface area contributed by atoms with Gasteiger partial charge in [-0.05, 0) is 48.9 Å². The summed E-state index contributed by atoms with van der Waals surface area (Å²) in [6.45, 7) is 3.27. The van der Waals surface area contributed by atoms with E-state index < -0.39 is 11.6 Å². The highest BCUT2D eigenvalue weighted by Gasteiger charge is 2.34. The molecule has 0 spiro atoms. The molecule has 1 aromatic rings. The van der Waals surface area contributed by atoms with Crippen molar-refractivity contribution in [2.24, 2.45) is 17.6 Å². The molecule has 2 N–H and O–H groups in total. The van der Waals surface area contributed by atoms with E-state index in [0.29, 0.717) is 36.9 Å². The Balaban J connectivity index is 2.16. The standard InChI is InChI=1S/C14H20F2N2/c1-9-5-11(9)8-18(2)14-12(15)6-10(3-4-17)7-13(14)16/h6-7,9,11H,3-5,8,17H2,1-2H3. The molecular formula is C14H20F2N2. The fourth-order valence-electron chi connectivity index (χ4n) is 2.39. The SMILES string of the molecule is CC1CC1CN(C)c1c(F)cc(CCN)cc1F. The molecule has 1 aliphatic rings. The van der Waals surface area contributed by atoms with Gasteiger partial charge in [0, 0.05) is 13.6 Å². The van der Waals surface area contributed by atoms with Gasteiger partial charge in [0.1, 0.15) is 17.3 Å². The van der Waals surface area contributed by atoms with Gasteiger partial charge in [-0.1, -0.05) is 6.92 Å². The average Bonchev–Trinajstić information content (AvgIpc) is 2.93. The van der Waals surface area contributed by atoms with Crippen molar-refractivity contribution in [3.8, 4) is 0 Å². The van der Waals surface area contributed by atoms with Gasteiger partial charge in [-0.15, -0.1) is 0 Å². The van der Waals surface area contributed by atoms with E-state index in [1.807, 2.05) is 0 Å². The Bertz CT molecular complexity index is 411. The van der Waals surface area contributed by atoms with Gasteiger partial charge in [0.25, 0.3) is 0 Å². The van der Waals surface area contributed by atoms with Crippen molar-refractivity contribution in [3.63, 3.8) is 0 Å². The van der Waals surface area contributed by atoms with Gasteiger partial charge in [-0.25, -0.2) is 8.78 Å². The number of hydrogen-bond acceptors (Lipinski definition) is 2. The molecule has 2 nitrogen and oxygen atoms in total. The maximum atomic E-state index is 13.9. The molecule has 0 aromatic heterocycles. The Morgan fingerprint density at radius 3 is 2.33 bits per heavy atom. The number of nitrogens with two attached hydrogens (primary N) is 1. The number of rotatable bonds is 5. The third-order valence-corrected chi connectivity index (χ3v) is 3.68. The maximum absolute atomic E-state index is 13.9. The lowest BCUT2D eigenvalue weighted by atomic mass is 10.1. The predicted molar refractivity (Wildman–Crippen MR) is 69.7 cm³/mol. The first-order valence-corrected chi connectivity index (χ1v) is 6.42. The molecule has 2 unspecified atom stereocenters. The summed E-state index contributed by atoms with van der Waals surface area (Å²) in [6.07, 6.45) is 1.65. The van der Waals surface area contributed by atoms with Crippen molar-refractivity contribution in [3.05, 3.63) is 29.3 Å². The fraction of sp³-hybridized carbons (Fsp3) is 0.571. The van der Waals surface area contributed by atoms with Crippen molar-refractivity contribution in [2.75, 3.05) is 25.0 Å². The van der Waals surface area contributed by atoms with E-state index in [2.05, 4.69) is 6.92 Å². The summed E-state index contributed by atoms with van der Waals surface area (Å²) in [5, 5.41) is 0. The van der Waals surface area contributed by atoms with Crippen molar-refractivity contribution < 1.29 is 8.78 Å². The van der Waals surface area contributed by atoms with Crippen molar-refractivity contribution in [2.45, 2.75) is 19.8 Å². The summed E-state index contributed by atoms with van der Waals surface area (Å²) >= 11 is 0. The lowest BCUT2D eigenvalue weighted by molar-refractivity contribution is 0.568. The van der Waals surface area contributed by atoms with Crippen LogP contribution in [0, 0.1) is 23.5 Å². The van der Waals surface area contributed by atoms with Gasteiger partial charge in [-0.2, -0.15) is 0 Å². The highest BCUT2D eigenvalue weighted by molar-refractivity contribution is 5.50. The van der Waals surface area contributed by atoms with Crippen LogP contribution in [0.3, 0.4) is 0 Å². The summed E-state index contributed by atoms with van der Waals surface area (Å²) < 4.78 is 27.9.